The number of rotatable bonds is 4. The van der Waals surface area contributed by atoms with Crippen LogP contribution in [0.15, 0.2) is 12.1 Å². The van der Waals surface area contributed by atoms with Gasteiger partial charge >= 0.3 is 5.97 Å². The van der Waals surface area contributed by atoms with Crippen molar-refractivity contribution < 1.29 is 14.6 Å². The molecule has 3 heteroatoms. The van der Waals surface area contributed by atoms with Crippen LogP contribution in [0, 0.1) is 6.92 Å². The number of carbonyl (C=O) groups is 1. The Bertz CT molecular complexity index is 422. The molecule has 1 atom stereocenters. The molecule has 0 radical (unpaired) electrons. The van der Waals surface area contributed by atoms with Gasteiger partial charge in [0.05, 0.1) is 13.0 Å². The molecular formula is C14H20O3. The summed E-state index contributed by atoms with van der Waals surface area (Å²) in [4.78, 5) is 11.2. The molecule has 94 valence electrons. The second-order valence-corrected chi connectivity index (χ2v) is 4.63. The lowest BCUT2D eigenvalue weighted by atomic mass is 9.87. The normalized spacial score (nSPS) is 12.6. The van der Waals surface area contributed by atoms with E-state index >= 15 is 0 Å². The van der Waals surface area contributed by atoms with Crippen LogP contribution in [0.3, 0.4) is 0 Å². The predicted octanol–water partition coefficient (Wildman–Crippen LogP) is 3.32. The minimum atomic E-state index is -0.823. The van der Waals surface area contributed by atoms with E-state index in [1.165, 1.54) is 0 Å². The van der Waals surface area contributed by atoms with Crippen LogP contribution < -0.4 is 4.74 Å². The monoisotopic (exact) mass is 236 g/mol. The first-order valence-electron chi connectivity index (χ1n) is 5.80. The molecule has 17 heavy (non-hydrogen) atoms. The van der Waals surface area contributed by atoms with Crippen LogP contribution in [0.5, 0.6) is 5.75 Å². The highest BCUT2D eigenvalue weighted by molar-refractivity contribution is 5.78. The molecule has 0 bridgehead atoms. The maximum Gasteiger partial charge on any atom is 0.310 e. The summed E-state index contributed by atoms with van der Waals surface area (Å²) < 4.78 is 5.37. The smallest absolute Gasteiger partial charge is 0.310 e. The Kier molecular flexibility index (Phi) is 4.16. The van der Waals surface area contributed by atoms with Gasteiger partial charge in [-0.2, -0.15) is 0 Å². The molecule has 0 spiro atoms. The molecule has 1 aromatic carbocycles. The van der Waals surface area contributed by atoms with Gasteiger partial charge in [-0.15, -0.1) is 0 Å². The van der Waals surface area contributed by atoms with Crippen molar-refractivity contribution in [1.29, 1.82) is 0 Å². The second-order valence-electron chi connectivity index (χ2n) is 4.63. The molecule has 1 aromatic rings. The average Bonchev–Trinajstić information content (AvgIpc) is 2.26. The molecule has 1 N–H and O–H groups in total. The highest BCUT2D eigenvalue weighted by atomic mass is 16.5. The van der Waals surface area contributed by atoms with Gasteiger partial charge in [-0.1, -0.05) is 26.0 Å². The van der Waals surface area contributed by atoms with Crippen LogP contribution in [-0.2, 0) is 4.79 Å². The highest BCUT2D eigenvalue weighted by Crippen LogP contribution is 2.36. The lowest BCUT2D eigenvalue weighted by molar-refractivity contribution is -0.138. The van der Waals surface area contributed by atoms with Gasteiger partial charge in [0, 0.05) is 5.56 Å². The summed E-state index contributed by atoms with van der Waals surface area (Å²) in [7, 11) is 1.59. The molecule has 3 nitrogen and oxygen atoms in total. The molecule has 1 rings (SSSR count). The third kappa shape index (κ3) is 2.60. The SMILES string of the molecule is COc1c(C)ccc(C(C)C)c1C(C)C(=O)O. The van der Waals surface area contributed by atoms with Crippen LogP contribution in [0.4, 0.5) is 0 Å². The molecule has 0 aliphatic heterocycles. The standard InChI is InChI=1S/C14H20O3/c1-8(2)11-7-6-9(3)13(17-5)12(11)10(4)14(15)16/h6-8,10H,1-5H3,(H,15,16). The molecule has 0 aromatic heterocycles. The van der Waals surface area contributed by atoms with E-state index in [2.05, 4.69) is 13.8 Å². The van der Waals surface area contributed by atoms with E-state index in [1.807, 2.05) is 19.1 Å². The van der Waals surface area contributed by atoms with Crippen LogP contribution in [-0.4, -0.2) is 18.2 Å². The van der Waals surface area contributed by atoms with Crippen LogP contribution in [0.25, 0.3) is 0 Å². The van der Waals surface area contributed by atoms with E-state index in [1.54, 1.807) is 14.0 Å². The third-order valence-corrected chi connectivity index (χ3v) is 3.06. The quantitative estimate of drug-likeness (QED) is 0.872. The molecule has 0 saturated heterocycles. The molecular weight excluding hydrogens is 216 g/mol. The molecule has 0 heterocycles. The largest absolute Gasteiger partial charge is 0.496 e. The van der Waals surface area contributed by atoms with Crippen molar-refractivity contribution in [3.63, 3.8) is 0 Å². The Balaban J connectivity index is 3.49. The maximum atomic E-state index is 11.2. The summed E-state index contributed by atoms with van der Waals surface area (Å²) in [5, 5.41) is 9.20. The fourth-order valence-corrected chi connectivity index (χ4v) is 2.07. The summed E-state index contributed by atoms with van der Waals surface area (Å²) in [6.07, 6.45) is 0. The minimum Gasteiger partial charge on any atom is -0.496 e. The molecule has 0 amide bonds. The number of hydrogen-bond donors (Lipinski definition) is 1. The van der Waals surface area contributed by atoms with Gasteiger partial charge < -0.3 is 9.84 Å². The second kappa shape index (κ2) is 5.21. The zero-order chi connectivity index (χ0) is 13.2. The summed E-state index contributed by atoms with van der Waals surface area (Å²) in [6, 6.07) is 3.98. The zero-order valence-electron chi connectivity index (χ0n) is 11.1. The van der Waals surface area contributed by atoms with E-state index < -0.39 is 11.9 Å². The molecule has 0 fully saturated rings. The molecule has 0 aliphatic rings. The summed E-state index contributed by atoms with van der Waals surface area (Å²) >= 11 is 0. The summed E-state index contributed by atoms with van der Waals surface area (Å²) in [5.41, 5.74) is 2.82. The average molecular weight is 236 g/mol. The lowest BCUT2D eigenvalue weighted by Crippen LogP contribution is -2.13. The number of hydrogen-bond acceptors (Lipinski definition) is 2. The fourth-order valence-electron chi connectivity index (χ4n) is 2.07. The van der Waals surface area contributed by atoms with Crippen molar-refractivity contribution >= 4 is 5.97 Å². The molecule has 0 saturated carbocycles. The van der Waals surface area contributed by atoms with E-state index in [0.717, 1.165) is 16.7 Å². The Morgan fingerprint density at radius 3 is 2.29 bits per heavy atom. The van der Waals surface area contributed by atoms with Crippen molar-refractivity contribution in [2.75, 3.05) is 7.11 Å². The number of carboxylic acids is 1. The van der Waals surface area contributed by atoms with Crippen molar-refractivity contribution in [2.24, 2.45) is 0 Å². The van der Waals surface area contributed by atoms with Gasteiger partial charge in [-0.05, 0) is 30.9 Å². The number of aryl methyl sites for hydroxylation is 1. The van der Waals surface area contributed by atoms with Gasteiger partial charge in [0.1, 0.15) is 5.75 Å². The van der Waals surface area contributed by atoms with Crippen LogP contribution in [0.2, 0.25) is 0 Å². The Morgan fingerprint density at radius 2 is 1.88 bits per heavy atom. The van der Waals surface area contributed by atoms with E-state index in [-0.39, 0.29) is 5.92 Å². The first-order chi connectivity index (χ1) is 7.90. The first-order valence-corrected chi connectivity index (χ1v) is 5.80. The highest BCUT2D eigenvalue weighted by Gasteiger charge is 2.24. The Morgan fingerprint density at radius 1 is 1.29 bits per heavy atom. The van der Waals surface area contributed by atoms with E-state index in [0.29, 0.717) is 5.75 Å². The van der Waals surface area contributed by atoms with Crippen LogP contribution in [0.1, 0.15) is 49.3 Å². The van der Waals surface area contributed by atoms with E-state index in [4.69, 9.17) is 4.74 Å². The first kappa shape index (κ1) is 13.6. The zero-order valence-corrected chi connectivity index (χ0v) is 11.1. The number of carboxylic acid groups (broad SMARTS) is 1. The molecule has 1 unspecified atom stereocenters. The fraction of sp³-hybridized carbons (Fsp3) is 0.500. The van der Waals surface area contributed by atoms with Crippen molar-refractivity contribution in [3.05, 3.63) is 28.8 Å². The van der Waals surface area contributed by atoms with Crippen LogP contribution >= 0.6 is 0 Å². The number of methoxy groups -OCH3 is 1. The van der Waals surface area contributed by atoms with Crippen molar-refractivity contribution in [2.45, 2.75) is 39.5 Å². The minimum absolute atomic E-state index is 0.279. The van der Waals surface area contributed by atoms with Gasteiger partial charge in [0.2, 0.25) is 0 Å². The number of aliphatic carboxylic acids is 1. The number of ether oxygens (including phenoxy) is 1. The van der Waals surface area contributed by atoms with Gasteiger partial charge in [-0.3, -0.25) is 4.79 Å². The van der Waals surface area contributed by atoms with Gasteiger partial charge in [0.15, 0.2) is 0 Å². The van der Waals surface area contributed by atoms with E-state index in [9.17, 15) is 9.90 Å². The Labute approximate surface area is 102 Å². The topological polar surface area (TPSA) is 46.5 Å². The lowest BCUT2D eigenvalue weighted by Gasteiger charge is -2.21. The van der Waals surface area contributed by atoms with Crippen molar-refractivity contribution in [1.82, 2.24) is 0 Å². The summed E-state index contributed by atoms with van der Waals surface area (Å²) in [6.45, 7) is 7.75. The van der Waals surface area contributed by atoms with Gasteiger partial charge in [-0.25, -0.2) is 0 Å². The Hall–Kier alpha value is -1.51. The molecule has 0 aliphatic carbocycles. The third-order valence-electron chi connectivity index (χ3n) is 3.06. The number of benzene rings is 1. The van der Waals surface area contributed by atoms with Gasteiger partial charge in [0.25, 0.3) is 0 Å². The predicted molar refractivity (Wildman–Crippen MR) is 67.9 cm³/mol. The summed E-state index contributed by atoms with van der Waals surface area (Å²) in [5.74, 6) is -0.398. The maximum absolute atomic E-state index is 11.2. The van der Waals surface area contributed by atoms with Crippen molar-refractivity contribution in [3.8, 4) is 5.75 Å².